The van der Waals surface area contributed by atoms with Crippen molar-refractivity contribution in [2.75, 3.05) is 36.9 Å². The highest BCUT2D eigenvalue weighted by Gasteiger charge is 2.14. The van der Waals surface area contributed by atoms with E-state index in [0.29, 0.717) is 48.4 Å². The van der Waals surface area contributed by atoms with E-state index >= 15 is 0 Å². The van der Waals surface area contributed by atoms with Crippen LogP contribution in [0, 0.1) is 0 Å². The van der Waals surface area contributed by atoms with Gasteiger partial charge in [-0.25, -0.2) is 0 Å². The molecule has 222 valence electrons. The molecule has 0 unspecified atom stereocenters. The molecule has 0 heterocycles. The smallest absolute Gasteiger partial charge is 0.255 e. The molecular weight excluding hydrogens is 536 g/mol. The van der Waals surface area contributed by atoms with E-state index in [1.165, 1.54) is 6.07 Å². The zero-order valence-corrected chi connectivity index (χ0v) is 23.5. The highest BCUT2D eigenvalue weighted by Crippen LogP contribution is 2.16. The molecule has 0 aliphatic carbocycles. The van der Waals surface area contributed by atoms with Gasteiger partial charge in [0.05, 0.1) is 0 Å². The third kappa shape index (κ3) is 10.5. The molecule has 6 N–H and O–H groups in total. The Balaban J connectivity index is 1.57. The standard InChI is InChI=1S/C32H38N4O6/c37-18-5-1-3-16-33-29(39)25-12-8-14-27(21-25)35-31(41)23-10-7-11-24(20-23)32(42)36-28-15-9-13-26(22-28)30(40)34-17-4-2-6-19-38/h7-15,20-22,37-38H,1-6,16-19H2,(H,33,39)(H,34,40)(H,35,41)(H,36,42). The second kappa shape index (κ2) is 17.3. The van der Waals surface area contributed by atoms with Crippen LogP contribution in [-0.4, -0.2) is 60.1 Å². The minimum atomic E-state index is -0.441. The van der Waals surface area contributed by atoms with Gasteiger partial charge in [-0.05, 0) is 93.1 Å². The molecule has 3 rings (SSSR count). The van der Waals surface area contributed by atoms with Gasteiger partial charge in [-0.1, -0.05) is 18.2 Å². The highest BCUT2D eigenvalue weighted by atomic mass is 16.3. The van der Waals surface area contributed by atoms with Crippen molar-refractivity contribution in [3.05, 3.63) is 95.1 Å². The van der Waals surface area contributed by atoms with E-state index < -0.39 is 11.8 Å². The van der Waals surface area contributed by atoms with Gasteiger partial charge in [-0.15, -0.1) is 0 Å². The Morgan fingerprint density at radius 2 is 0.857 bits per heavy atom. The molecule has 0 radical (unpaired) electrons. The molecule has 3 aromatic rings. The summed E-state index contributed by atoms with van der Waals surface area (Å²) in [6.45, 7) is 1.25. The van der Waals surface area contributed by atoms with E-state index in [1.807, 2.05) is 0 Å². The second-order valence-electron chi connectivity index (χ2n) is 9.73. The van der Waals surface area contributed by atoms with E-state index in [2.05, 4.69) is 21.3 Å². The number of amides is 4. The van der Waals surface area contributed by atoms with E-state index in [4.69, 9.17) is 10.2 Å². The Morgan fingerprint density at radius 1 is 0.476 bits per heavy atom. The van der Waals surface area contributed by atoms with Gasteiger partial charge in [0.1, 0.15) is 0 Å². The van der Waals surface area contributed by atoms with Gasteiger partial charge < -0.3 is 31.5 Å². The number of benzene rings is 3. The predicted octanol–water partition coefficient (Wildman–Crippen LogP) is 3.98. The first kappa shape index (κ1) is 32.0. The maximum absolute atomic E-state index is 12.9. The molecule has 10 nitrogen and oxygen atoms in total. The average molecular weight is 575 g/mol. The average Bonchev–Trinajstić information content (AvgIpc) is 3.01. The summed E-state index contributed by atoms with van der Waals surface area (Å²) in [5.74, 6) is -1.39. The van der Waals surface area contributed by atoms with Crippen molar-refractivity contribution >= 4 is 35.0 Å². The zero-order chi connectivity index (χ0) is 30.2. The summed E-state index contributed by atoms with van der Waals surface area (Å²) < 4.78 is 0. The second-order valence-corrected chi connectivity index (χ2v) is 9.73. The molecule has 0 aliphatic rings. The van der Waals surface area contributed by atoms with Gasteiger partial charge in [0.25, 0.3) is 23.6 Å². The number of aliphatic hydroxyl groups is 2. The van der Waals surface area contributed by atoms with Gasteiger partial charge in [-0.3, -0.25) is 19.2 Å². The first-order chi connectivity index (χ1) is 20.4. The maximum Gasteiger partial charge on any atom is 0.255 e. The zero-order valence-electron chi connectivity index (χ0n) is 23.5. The number of rotatable bonds is 16. The Hall–Kier alpha value is -4.54. The molecule has 0 saturated carbocycles. The van der Waals surface area contributed by atoms with Crippen molar-refractivity contribution in [3.63, 3.8) is 0 Å². The Bertz CT molecular complexity index is 1260. The first-order valence-electron chi connectivity index (χ1n) is 14.1. The largest absolute Gasteiger partial charge is 0.396 e. The molecule has 0 bridgehead atoms. The lowest BCUT2D eigenvalue weighted by atomic mass is 10.1. The van der Waals surface area contributed by atoms with Crippen LogP contribution in [0.5, 0.6) is 0 Å². The van der Waals surface area contributed by atoms with Crippen LogP contribution < -0.4 is 21.3 Å². The molecule has 0 aliphatic heterocycles. The highest BCUT2D eigenvalue weighted by molar-refractivity contribution is 6.09. The molecule has 10 heteroatoms. The molecule has 0 saturated heterocycles. The minimum Gasteiger partial charge on any atom is -0.396 e. The number of hydrogen-bond acceptors (Lipinski definition) is 6. The summed E-state index contributed by atoms with van der Waals surface area (Å²) in [6, 6.07) is 19.4. The molecule has 0 aromatic heterocycles. The van der Waals surface area contributed by atoms with Crippen LogP contribution >= 0.6 is 0 Å². The van der Waals surface area contributed by atoms with Gasteiger partial charge in [0.2, 0.25) is 0 Å². The Morgan fingerprint density at radius 3 is 1.26 bits per heavy atom. The lowest BCUT2D eigenvalue weighted by molar-refractivity contribution is 0.0944. The van der Waals surface area contributed by atoms with Crippen molar-refractivity contribution in [1.82, 2.24) is 10.6 Å². The first-order valence-corrected chi connectivity index (χ1v) is 14.1. The van der Waals surface area contributed by atoms with Gasteiger partial charge in [-0.2, -0.15) is 0 Å². The van der Waals surface area contributed by atoms with Crippen LogP contribution in [0.15, 0.2) is 72.8 Å². The predicted molar refractivity (Wildman–Crippen MR) is 162 cm³/mol. The minimum absolute atomic E-state index is 0.130. The number of nitrogens with one attached hydrogen (secondary N) is 4. The van der Waals surface area contributed by atoms with Gasteiger partial charge in [0.15, 0.2) is 0 Å². The van der Waals surface area contributed by atoms with E-state index in [1.54, 1.807) is 66.7 Å². The van der Waals surface area contributed by atoms with Crippen LogP contribution in [0.3, 0.4) is 0 Å². The van der Waals surface area contributed by atoms with Crippen molar-refractivity contribution in [2.24, 2.45) is 0 Å². The molecule has 4 amide bonds. The lowest BCUT2D eigenvalue weighted by Gasteiger charge is -2.10. The summed E-state index contributed by atoms with van der Waals surface area (Å²) in [4.78, 5) is 50.8. The van der Waals surface area contributed by atoms with E-state index in [9.17, 15) is 19.2 Å². The summed E-state index contributed by atoms with van der Waals surface area (Å²) in [6.07, 6.45) is 4.56. The topological polar surface area (TPSA) is 157 Å². The number of carbonyl (C=O) groups is 4. The normalized spacial score (nSPS) is 10.5. The van der Waals surface area contributed by atoms with Crippen LogP contribution in [0.2, 0.25) is 0 Å². The van der Waals surface area contributed by atoms with Crippen molar-refractivity contribution in [3.8, 4) is 0 Å². The van der Waals surface area contributed by atoms with Crippen molar-refractivity contribution in [1.29, 1.82) is 0 Å². The van der Waals surface area contributed by atoms with Crippen molar-refractivity contribution in [2.45, 2.75) is 38.5 Å². The van der Waals surface area contributed by atoms with Gasteiger partial charge >= 0.3 is 0 Å². The fourth-order valence-electron chi connectivity index (χ4n) is 4.12. The van der Waals surface area contributed by atoms with Crippen LogP contribution in [0.4, 0.5) is 11.4 Å². The Labute approximate surface area is 245 Å². The monoisotopic (exact) mass is 574 g/mol. The lowest BCUT2D eigenvalue weighted by Crippen LogP contribution is -2.24. The van der Waals surface area contributed by atoms with Crippen LogP contribution in [0.1, 0.15) is 80.0 Å². The summed E-state index contributed by atoms with van der Waals surface area (Å²) in [5, 5.41) is 28.9. The number of carbonyl (C=O) groups excluding carboxylic acids is 4. The number of anilines is 2. The van der Waals surface area contributed by atoms with Crippen LogP contribution in [0.25, 0.3) is 0 Å². The fraction of sp³-hybridized carbons (Fsp3) is 0.312. The summed E-state index contributed by atoms with van der Waals surface area (Å²) >= 11 is 0. The van der Waals surface area contributed by atoms with E-state index in [-0.39, 0.29) is 36.2 Å². The number of hydrogen-bond donors (Lipinski definition) is 6. The molecule has 0 fully saturated rings. The Kier molecular flexibility index (Phi) is 13.2. The molecular formula is C32H38N4O6. The van der Waals surface area contributed by atoms with Crippen molar-refractivity contribution < 1.29 is 29.4 Å². The third-order valence-corrected chi connectivity index (χ3v) is 6.39. The maximum atomic E-state index is 12.9. The summed E-state index contributed by atoms with van der Waals surface area (Å²) in [7, 11) is 0. The fourth-order valence-corrected chi connectivity index (χ4v) is 4.12. The molecule has 0 atom stereocenters. The van der Waals surface area contributed by atoms with Crippen LogP contribution in [-0.2, 0) is 0 Å². The number of unbranched alkanes of at least 4 members (excludes halogenated alkanes) is 4. The molecule has 3 aromatic carbocycles. The molecule has 42 heavy (non-hydrogen) atoms. The summed E-state index contributed by atoms with van der Waals surface area (Å²) in [5.41, 5.74) is 2.20. The SMILES string of the molecule is O=C(NCCCCCO)c1cccc(NC(=O)c2cccc(C(=O)Nc3cccc(C(=O)NCCCCCO)c3)c2)c1. The van der Waals surface area contributed by atoms with Gasteiger partial charge in [0, 0.05) is 59.9 Å². The quantitative estimate of drug-likeness (QED) is 0.142. The molecule has 0 spiro atoms. The van der Waals surface area contributed by atoms with E-state index in [0.717, 1.165) is 25.7 Å². The number of aliphatic hydroxyl groups excluding tert-OH is 2. The third-order valence-electron chi connectivity index (χ3n) is 6.39.